The van der Waals surface area contributed by atoms with E-state index in [-0.39, 0.29) is 18.2 Å². The molecule has 1 amide bonds. The van der Waals surface area contributed by atoms with Crippen LogP contribution in [0.2, 0.25) is 5.02 Å². The van der Waals surface area contributed by atoms with Gasteiger partial charge in [-0.1, -0.05) is 11.6 Å². The van der Waals surface area contributed by atoms with Gasteiger partial charge in [-0.15, -0.1) is 11.3 Å². The highest BCUT2D eigenvalue weighted by molar-refractivity contribution is 7.16. The standard InChI is InChI=1S/C13H10ClN3O2S/c14-8-2-4-10-12(16-6-20-10)11(8)17-13(18)9-3-1-7(5-15)19-9/h1-4,6H,5,15H2,(H,17,18). The molecule has 0 saturated carbocycles. The van der Waals surface area contributed by atoms with Crippen LogP contribution in [0.1, 0.15) is 16.3 Å². The Kier molecular flexibility index (Phi) is 3.43. The van der Waals surface area contributed by atoms with Crippen molar-refractivity contribution in [2.75, 3.05) is 5.32 Å². The highest BCUT2D eigenvalue weighted by atomic mass is 35.5. The molecule has 0 atom stereocenters. The average Bonchev–Trinajstić information content (AvgIpc) is 3.09. The molecule has 1 aromatic carbocycles. The van der Waals surface area contributed by atoms with Gasteiger partial charge in [0.15, 0.2) is 5.76 Å². The SMILES string of the molecule is NCc1ccc(C(=O)Nc2c(Cl)ccc3scnc23)o1. The molecule has 0 saturated heterocycles. The summed E-state index contributed by atoms with van der Waals surface area (Å²) < 4.78 is 6.25. The van der Waals surface area contributed by atoms with Crippen LogP contribution in [0.4, 0.5) is 5.69 Å². The molecule has 20 heavy (non-hydrogen) atoms. The number of nitrogens with zero attached hydrogens (tertiary/aromatic N) is 1. The van der Waals surface area contributed by atoms with Crippen molar-refractivity contribution in [1.29, 1.82) is 0 Å². The number of amides is 1. The predicted octanol–water partition coefficient (Wildman–Crippen LogP) is 3.25. The molecule has 7 heteroatoms. The van der Waals surface area contributed by atoms with Crippen LogP contribution in [0.5, 0.6) is 0 Å². The van der Waals surface area contributed by atoms with Gasteiger partial charge < -0.3 is 15.5 Å². The van der Waals surface area contributed by atoms with Gasteiger partial charge in [-0.25, -0.2) is 4.98 Å². The maximum atomic E-state index is 12.1. The number of rotatable bonds is 3. The summed E-state index contributed by atoms with van der Waals surface area (Å²) in [6.45, 7) is 0.246. The summed E-state index contributed by atoms with van der Waals surface area (Å²) in [4.78, 5) is 16.3. The van der Waals surface area contributed by atoms with Crippen molar-refractivity contribution < 1.29 is 9.21 Å². The third kappa shape index (κ3) is 2.29. The molecule has 3 N–H and O–H groups in total. The number of benzene rings is 1. The number of nitrogens with one attached hydrogen (secondary N) is 1. The average molecular weight is 308 g/mol. The first-order chi connectivity index (χ1) is 9.69. The minimum Gasteiger partial charge on any atom is -0.455 e. The van der Waals surface area contributed by atoms with Gasteiger partial charge in [-0.05, 0) is 24.3 Å². The Labute approximate surface area is 123 Å². The van der Waals surface area contributed by atoms with E-state index in [1.54, 1.807) is 23.7 Å². The van der Waals surface area contributed by atoms with Crippen molar-refractivity contribution >= 4 is 44.7 Å². The van der Waals surface area contributed by atoms with Crippen molar-refractivity contribution in [2.24, 2.45) is 5.73 Å². The number of nitrogens with two attached hydrogens (primary N) is 1. The Hall–Kier alpha value is -1.89. The zero-order valence-electron chi connectivity index (χ0n) is 10.2. The van der Waals surface area contributed by atoms with Gasteiger partial charge in [0.1, 0.15) is 11.3 Å². The Balaban J connectivity index is 1.94. The molecule has 2 heterocycles. The van der Waals surface area contributed by atoms with Crippen LogP contribution in [0, 0.1) is 0 Å². The van der Waals surface area contributed by atoms with Gasteiger partial charge in [-0.2, -0.15) is 0 Å². The molecule has 102 valence electrons. The molecule has 0 aliphatic carbocycles. The lowest BCUT2D eigenvalue weighted by Crippen LogP contribution is -2.11. The van der Waals surface area contributed by atoms with Crippen LogP contribution in [0.3, 0.4) is 0 Å². The van der Waals surface area contributed by atoms with Crippen molar-refractivity contribution in [3.05, 3.63) is 46.3 Å². The number of thiazole rings is 1. The molecule has 0 fully saturated rings. The molecular weight excluding hydrogens is 298 g/mol. The van der Waals surface area contributed by atoms with E-state index in [1.165, 1.54) is 11.3 Å². The summed E-state index contributed by atoms with van der Waals surface area (Å²) in [5, 5.41) is 3.16. The molecule has 0 aliphatic rings. The van der Waals surface area contributed by atoms with E-state index in [0.717, 1.165) is 4.70 Å². The van der Waals surface area contributed by atoms with Crippen LogP contribution in [0.15, 0.2) is 34.2 Å². The zero-order valence-corrected chi connectivity index (χ0v) is 11.8. The molecule has 3 rings (SSSR count). The Bertz CT molecular complexity index is 781. The van der Waals surface area contributed by atoms with E-state index in [9.17, 15) is 4.79 Å². The Morgan fingerprint density at radius 3 is 3.00 bits per heavy atom. The number of anilines is 1. The van der Waals surface area contributed by atoms with Crippen molar-refractivity contribution in [3.63, 3.8) is 0 Å². The molecule has 0 bridgehead atoms. The van der Waals surface area contributed by atoms with E-state index in [0.29, 0.717) is 22.0 Å². The van der Waals surface area contributed by atoms with Gasteiger partial charge in [0.2, 0.25) is 0 Å². The maximum absolute atomic E-state index is 12.1. The summed E-state index contributed by atoms with van der Waals surface area (Å²) in [6.07, 6.45) is 0. The fourth-order valence-electron chi connectivity index (χ4n) is 1.81. The van der Waals surface area contributed by atoms with Crippen LogP contribution in [-0.4, -0.2) is 10.9 Å². The first-order valence-corrected chi connectivity index (χ1v) is 7.06. The largest absolute Gasteiger partial charge is 0.455 e. The lowest BCUT2D eigenvalue weighted by Gasteiger charge is -2.06. The number of carbonyl (C=O) groups is 1. The molecule has 3 aromatic rings. The summed E-state index contributed by atoms with van der Waals surface area (Å²) in [6, 6.07) is 6.84. The van der Waals surface area contributed by atoms with Crippen molar-refractivity contribution in [1.82, 2.24) is 4.98 Å². The maximum Gasteiger partial charge on any atom is 0.291 e. The second kappa shape index (κ2) is 5.24. The first kappa shape index (κ1) is 13.1. The van der Waals surface area contributed by atoms with E-state index < -0.39 is 0 Å². The van der Waals surface area contributed by atoms with Crippen molar-refractivity contribution in [2.45, 2.75) is 6.54 Å². The van der Waals surface area contributed by atoms with Gasteiger partial charge in [-0.3, -0.25) is 4.79 Å². The summed E-state index contributed by atoms with van der Waals surface area (Å²) in [7, 11) is 0. The van der Waals surface area contributed by atoms with Crippen LogP contribution in [0.25, 0.3) is 10.2 Å². The number of halogens is 1. The summed E-state index contributed by atoms with van der Waals surface area (Å²) in [5.74, 6) is 0.356. The van der Waals surface area contributed by atoms with E-state index in [1.807, 2.05) is 6.07 Å². The molecule has 0 unspecified atom stereocenters. The fraction of sp³-hybridized carbons (Fsp3) is 0.0769. The highest BCUT2D eigenvalue weighted by Gasteiger charge is 2.15. The Morgan fingerprint density at radius 1 is 1.40 bits per heavy atom. The van der Waals surface area contributed by atoms with Gasteiger partial charge in [0.05, 0.1) is 27.5 Å². The van der Waals surface area contributed by atoms with E-state index >= 15 is 0 Å². The molecular formula is C13H10ClN3O2S. The van der Waals surface area contributed by atoms with Crippen LogP contribution >= 0.6 is 22.9 Å². The Morgan fingerprint density at radius 2 is 2.25 bits per heavy atom. The van der Waals surface area contributed by atoms with E-state index in [4.69, 9.17) is 21.8 Å². The second-order valence-electron chi connectivity index (χ2n) is 4.05. The number of furan rings is 1. The predicted molar refractivity (Wildman–Crippen MR) is 79.2 cm³/mol. The van der Waals surface area contributed by atoms with Gasteiger partial charge in [0.25, 0.3) is 5.91 Å². The number of hydrogen-bond donors (Lipinski definition) is 2. The topological polar surface area (TPSA) is 81.2 Å². The molecule has 2 aromatic heterocycles. The number of hydrogen-bond acceptors (Lipinski definition) is 5. The molecule has 0 aliphatic heterocycles. The third-order valence-corrected chi connectivity index (χ3v) is 3.89. The van der Waals surface area contributed by atoms with Gasteiger partial charge in [0, 0.05) is 0 Å². The number of aromatic nitrogens is 1. The lowest BCUT2D eigenvalue weighted by atomic mass is 10.2. The molecule has 5 nitrogen and oxygen atoms in total. The number of fused-ring (bicyclic) bond motifs is 1. The second-order valence-corrected chi connectivity index (χ2v) is 5.34. The highest BCUT2D eigenvalue weighted by Crippen LogP contribution is 2.32. The smallest absolute Gasteiger partial charge is 0.291 e. The quantitative estimate of drug-likeness (QED) is 0.778. The lowest BCUT2D eigenvalue weighted by molar-refractivity contribution is 0.0995. The monoisotopic (exact) mass is 307 g/mol. The van der Waals surface area contributed by atoms with Crippen LogP contribution < -0.4 is 11.1 Å². The van der Waals surface area contributed by atoms with Gasteiger partial charge >= 0.3 is 0 Å². The fourth-order valence-corrected chi connectivity index (χ4v) is 2.69. The zero-order chi connectivity index (χ0) is 14.1. The van der Waals surface area contributed by atoms with Crippen LogP contribution in [-0.2, 0) is 6.54 Å². The molecule has 0 radical (unpaired) electrons. The number of carbonyl (C=O) groups excluding carboxylic acids is 1. The third-order valence-electron chi connectivity index (χ3n) is 2.78. The molecule has 0 spiro atoms. The van der Waals surface area contributed by atoms with E-state index in [2.05, 4.69) is 10.3 Å². The minimum absolute atomic E-state index is 0.189. The minimum atomic E-state index is -0.382. The first-order valence-electron chi connectivity index (χ1n) is 5.81. The van der Waals surface area contributed by atoms with Crippen molar-refractivity contribution in [3.8, 4) is 0 Å². The summed E-state index contributed by atoms with van der Waals surface area (Å²) >= 11 is 7.60. The normalized spacial score (nSPS) is 10.9. The summed E-state index contributed by atoms with van der Waals surface area (Å²) in [5.41, 5.74) is 8.30.